The number of Topliss-reactive ketones (excluding diaryl/α,β-unsaturated/α-hetero) is 1. The van der Waals surface area contributed by atoms with Crippen LogP contribution in [0.4, 0.5) is 11.5 Å². The van der Waals surface area contributed by atoms with Crippen LogP contribution in [0.15, 0.2) is 6.20 Å². The first-order chi connectivity index (χ1) is 13.3. The molecule has 0 radical (unpaired) electrons. The summed E-state index contributed by atoms with van der Waals surface area (Å²) in [5.74, 6) is 0.473. The van der Waals surface area contributed by atoms with Gasteiger partial charge in [-0.05, 0) is 25.4 Å². The zero-order valence-electron chi connectivity index (χ0n) is 15.2. The maximum Gasteiger partial charge on any atom is 0.352 e. The summed E-state index contributed by atoms with van der Waals surface area (Å²) < 4.78 is 7.09. The third kappa shape index (κ3) is 4.33. The first-order valence-electron chi connectivity index (χ1n) is 8.58. The molecule has 28 heavy (non-hydrogen) atoms. The molecule has 1 aliphatic carbocycles. The number of carbonyl (C=O) groups excluding carboxylic acids is 1. The van der Waals surface area contributed by atoms with Gasteiger partial charge < -0.3 is 10.1 Å². The van der Waals surface area contributed by atoms with Crippen molar-refractivity contribution < 1.29 is 14.5 Å². The quantitative estimate of drug-likeness (QED) is 0.385. The van der Waals surface area contributed by atoms with Crippen LogP contribution >= 0.6 is 23.2 Å². The molecule has 0 spiro atoms. The number of anilines is 1. The lowest BCUT2D eigenvalue weighted by atomic mass is 9.91. The largest absolute Gasteiger partial charge is 0.472 e. The zero-order valence-corrected chi connectivity index (χ0v) is 16.7. The maximum absolute atomic E-state index is 11.4. The van der Waals surface area contributed by atoms with Crippen LogP contribution in [0.3, 0.4) is 0 Å². The number of nitrogens with one attached hydrogen (secondary N) is 1. The molecule has 1 N–H and O–H groups in total. The summed E-state index contributed by atoms with van der Waals surface area (Å²) in [6.07, 6.45) is 2.57. The summed E-state index contributed by atoms with van der Waals surface area (Å²) in [6.45, 7) is 3.67. The number of hydrogen-bond donors (Lipinski definition) is 1. The van der Waals surface area contributed by atoms with Gasteiger partial charge in [0.15, 0.2) is 0 Å². The topological polar surface area (TPSA) is 125 Å². The molecule has 12 heteroatoms. The Hall–Kier alpha value is -2.46. The molecule has 0 saturated heterocycles. The lowest BCUT2D eigenvalue weighted by Gasteiger charge is -2.24. The molecule has 10 nitrogen and oxygen atoms in total. The summed E-state index contributed by atoms with van der Waals surface area (Å²) in [5.41, 5.74) is 0.205. The standard InChI is InChI=1S/C16H18Cl2N6O4/c1-8(20-14-12(17)7-19-16(18)21-14)3-4-28-15-13(24(26)27)9(2)23(22-15)10-5-11(25)6-10/h7-8,10H,3-6H2,1-2H3,(H,19,20,21)/t8-/m1/s1. The molecule has 1 saturated carbocycles. The van der Waals surface area contributed by atoms with E-state index >= 15 is 0 Å². The average molecular weight is 429 g/mol. The molecule has 0 aromatic carbocycles. The SMILES string of the molecule is Cc1c([N+](=O)[O-])c(OCC[C@@H](C)Nc2nc(Cl)ncc2Cl)nn1C1CC(=O)C1. The van der Waals surface area contributed by atoms with Crippen LogP contribution in [0.25, 0.3) is 0 Å². The Bertz CT molecular complexity index is 911. The van der Waals surface area contributed by atoms with Crippen LogP contribution < -0.4 is 10.1 Å². The van der Waals surface area contributed by atoms with E-state index in [2.05, 4.69) is 20.4 Å². The molecule has 3 rings (SSSR count). The summed E-state index contributed by atoms with van der Waals surface area (Å²) in [6, 6.07) is -0.247. The number of aromatic nitrogens is 4. The Balaban J connectivity index is 1.62. The van der Waals surface area contributed by atoms with Gasteiger partial charge in [-0.1, -0.05) is 11.6 Å². The highest BCUT2D eigenvalue weighted by Crippen LogP contribution is 2.36. The molecule has 2 aromatic rings. The van der Waals surface area contributed by atoms with Gasteiger partial charge in [-0.2, -0.15) is 4.98 Å². The van der Waals surface area contributed by atoms with Crippen molar-refractivity contribution in [3.05, 3.63) is 32.3 Å². The highest BCUT2D eigenvalue weighted by Gasteiger charge is 2.35. The van der Waals surface area contributed by atoms with Gasteiger partial charge in [0.2, 0.25) is 5.28 Å². The zero-order chi connectivity index (χ0) is 20.4. The van der Waals surface area contributed by atoms with Gasteiger partial charge >= 0.3 is 11.6 Å². The van der Waals surface area contributed by atoms with Gasteiger partial charge in [-0.3, -0.25) is 19.6 Å². The molecular formula is C16H18Cl2N6O4. The molecule has 1 aliphatic rings. The number of ketones is 1. The van der Waals surface area contributed by atoms with Gasteiger partial charge in [-0.15, -0.1) is 5.10 Å². The first-order valence-corrected chi connectivity index (χ1v) is 9.34. The average Bonchev–Trinajstić information content (AvgIpc) is 2.91. The Morgan fingerprint density at radius 3 is 2.82 bits per heavy atom. The number of carbonyl (C=O) groups is 1. The molecule has 0 amide bonds. The normalized spacial score (nSPS) is 15.2. The van der Waals surface area contributed by atoms with Crippen molar-refractivity contribution in [1.29, 1.82) is 0 Å². The van der Waals surface area contributed by atoms with E-state index in [1.54, 1.807) is 6.92 Å². The van der Waals surface area contributed by atoms with Crippen LogP contribution in [-0.2, 0) is 4.79 Å². The second kappa shape index (κ2) is 8.27. The highest BCUT2D eigenvalue weighted by atomic mass is 35.5. The minimum absolute atomic E-state index is 0.0443. The van der Waals surface area contributed by atoms with Gasteiger partial charge in [0.05, 0.1) is 23.8 Å². The fourth-order valence-electron chi connectivity index (χ4n) is 2.87. The van der Waals surface area contributed by atoms with Crippen molar-refractivity contribution in [1.82, 2.24) is 19.7 Å². The second-order valence-corrected chi connectivity index (χ2v) is 7.30. The Kier molecular flexibility index (Phi) is 5.99. The third-order valence-corrected chi connectivity index (χ3v) is 4.89. The van der Waals surface area contributed by atoms with E-state index in [1.165, 1.54) is 10.9 Å². The van der Waals surface area contributed by atoms with E-state index < -0.39 is 4.92 Å². The second-order valence-electron chi connectivity index (χ2n) is 6.56. The van der Waals surface area contributed by atoms with E-state index in [-0.39, 0.29) is 41.3 Å². The van der Waals surface area contributed by atoms with Crippen molar-refractivity contribution in [2.45, 2.75) is 45.2 Å². The molecule has 2 aromatic heterocycles. The van der Waals surface area contributed by atoms with Gasteiger partial charge in [-0.25, -0.2) is 4.98 Å². The lowest BCUT2D eigenvalue weighted by molar-refractivity contribution is -0.386. The number of rotatable bonds is 8. The summed E-state index contributed by atoms with van der Waals surface area (Å²) in [4.78, 5) is 29.9. The van der Waals surface area contributed by atoms with Crippen LogP contribution in [0.5, 0.6) is 5.88 Å². The summed E-state index contributed by atoms with van der Waals surface area (Å²) >= 11 is 11.8. The van der Waals surface area contributed by atoms with Crippen molar-refractivity contribution in [2.75, 3.05) is 11.9 Å². The number of halogens is 2. The molecule has 1 fully saturated rings. The third-order valence-electron chi connectivity index (χ3n) is 4.43. The molecular weight excluding hydrogens is 411 g/mol. The lowest BCUT2D eigenvalue weighted by Crippen LogP contribution is -2.28. The molecule has 150 valence electrons. The van der Waals surface area contributed by atoms with E-state index in [1.807, 2.05) is 6.92 Å². The molecule has 0 aliphatic heterocycles. The van der Waals surface area contributed by atoms with Gasteiger partial charge in [0, 0.05) is 25.3 Å². The number of ether oxygens (including phenoxy) is 1. The Labute approximate surface area is 170 Å². The first kappa shape index (κ1) is 20.3. The van der Waals surface area contributed by atoms with E-state index in [4.69, 9.17) is 27.9 Å². The highest BCUT2D eigenvalue weighted by molar-refractivity contribution is 6.33. The molecule has 1 atom stereocenters. The predicted molar refractivity (Wildman–Crippen MR) is 102 cm³/mol. The molecule has 0 bridgehead atoms. The van der Waals surface area contributed by atoms with Crippen molar-refractivity contribution in [3.8, 4) is 5.88 Å². The monoisotopic (exact) mass is 428 g/mol. The minimum atomic E-state index is -0.515. The fraction of sp³-hybridized carbons (Fsp3) is 0.500. The molecule has 2 heterocycles. The van der Waals surface area contributed by atoms with Crippen molar-refractivity contribution >= 4 is 40.5 Å². The smallest absolute Gasteiger partial charge is 0.352 e. The summed E-state index contributed by atoms with van der Waals surface area (Å²) in [5, 5.41) is 19.1. The molecule has 0 unspecified atom stereocenters. The minimum Gasteiger partial charge on any atom is -0.472 e. The van der Waals surface area contributed by atoms with Crippen LogP contribution in [0.1, 0.15) is 37.9 Å². The Morgan fingerprint density at radius 1 is 1.46 bits per heavy atom. The summed E-state index contributed by atoms with van der Waals surface area (Å²) in [7, 11) is 0. The Morgan fingerprint density at radius 2 is 2.18 bits per heavy atom. The van der Waals surface area contributed by atoms with E-state index in [9.17, 15) is 14.9 Å². The van der Waals surface area contributed by atoms with Gasteiger partial charge in [0.25, 0.3) is 0 Å². The van der Waals surface area contributed by atoms with Crippen LogP contribution in [-0.4, -0.2) is 43.1 Å². The maximum atomic E-state index is 11.4. The number of hydrogen-bond acceptors (Lipinski definition) is 8. The van der Waals surface area contributed by atoms with Crippen LogP contribution in [0, 0.1) is 17.0 Å². The van der Waals surface area contributed by atoms with E-state index in [0.717, 1.165) is 0 Å². The van der Waals surface area contributed by atoms with Crippen molar-refractivity contribution in [2.24, 2.45) is 0 Å². The van der Waals surface area contributed by atoms with E-state index in [0.29, 0.717) is 35.8 Å². The van der Waals surface area contributed by atoms with Crippen LogP contribution in [0.2, 0.25) is 10.3 Å². The van der Waals surface area contributed by atoms with Gasteiger partial charge in [0.1, 0.15) is 22.3 Å². The van der Waals surface area contributed by atoms with Crippen molar-refractivity contribution in [3.63, 3.8) is 0 Å². The fourth-order valence-corrected chi connectivity index (χ4v) is 3.15. The number of nitrogens with zero attached hydrogens (tertiary/aromatic N) is 5. The number of nitro groups is 1. The predicted octanol–water partition coefficient (Wildman–Crippen LogP) is 3.37.